The second-order valence-corrected chi connectivity index (χ2v) is 4.47. The molecular formula is C16H18FNO. The summed E-state index contributed by atoms with van der Waals surface area (Å²) in [5.74, 6) is -0.378. The van der Waals surface area contributed by atoms with Crippen LogP contribution < -0.4 is 4.90 Å². The van der Waals surface area contributed by atoms with Crippen LogP contribution >= 0.6 is 0 Å². The van der Waals surface area contributed by atoms with Crippen molar-refractivity contribution in [3.63, 3.8) is 0 Å². The highest BCUT2D eigenvalue weighted by molar-refractivity contribution is 5.66. The minimum Gasteiger partial charge on any atom is -0.391 e. The van der Waals surface area contributed by atoms with Crippen LogP contribution in [0.25, 0.3) is 0 Å². The first kappa shape index (κ1) is 13.6. The van der Waals surface area contributed by atoms with Crippen LogP contribution in [0.15, 0.2) is 42.5 Å². The van der Waals surface area contributed by atoms with E-state index in [2.05, 4.69) is 19.1 Å². The van der Waals surface area contributed by atoms with E-state index in [1.807, 2.05) is 30.1 Å². The molecular weight excluding hydrogens is 241 g/mol. The maximum Gasteiger partial charge on any atom is 0.130 e. The third-order valence-electron chi connectivity index (χ3n) is 3.35. The molecule has 0 aliphatic carbocycles. The van der Waals surface area contributed by atoms with Crippen LogP contribution in [0.2, 0.25) is 0 Å². The molecule has 0 bridgehead atoms. The number of aliphatic hydroxyl groups excluding tert-OH is 1. The second kappa shape index (κ2) is 5.85. The molecule has 100 valence electrons. The predicted molar refractivity (Wildman–Crippen MR) is 76.2 cm³/mol. The van der Waals surface area contributed by atoms with Crippen molar-refractivity contribution in [2.45, 2.75) is 20.0 Å². The Balaban J connectivity index is 2.37. The third kappa shape index (κ3) is 2.76. The van der Waals surface area contributed by atoms with Crippen molar-refractivity contribution in [2.75, 3.05) is 11.9 Å². The summed E-state index contributed by atoms with van der Waals surface area (Å²) in [7, 11) is 1.87. The van der Waals surface area contributed by atoms with E-state index in [0.717, 1.165) is 12.1 Å². The summed E-state index contributed by atoms with van der Waals surface area (Å²) in [6.45, 7) is 1.80. The Morgan fingerprint density at radius 3 is 2.37 bits per heavy atom. The lowest BCUT2D eigenvalue weighted by atomic mass is 10.1. The van der Waals surface area contributed by atoms with E-state index in [-0.39, 0.29) is 12.4 Å². The maximum atomic E-state index is 13.7. The zero-order chi connectivity index (χ0) is 13.8. The Kier molecular flexibility index (Phi) is 4.17. The van der Waals surface area contributed by atoms with Crippen LogP contribution in [0.1, 0.15) is 18.1 Å². The van der Waals surface area contributed by atoms with E-state index in [9.17, 15) is 9.50 Å². The molecule has 0 atom stereocenters. The fraction of sp³-hybridized carbons (Fsp3) is 0.250. The molecule has 2 aromatic carbocycles. The quantitative estimate of drug-likeness (QED) is 0.906. The Bertz CT molecular complexity index is 551. The molecule has 0 unspecified atom stereocenters. The van der Waals surface area contributed by atoms with Gasteiger partial charge < -0.3 is 10.0 Å². The zero-order valence-corrected chi connectivity index (χ0v) is 11.2. The molecule has 2 nitrogen and oxygen atoms in total. The third-order valence-corrected chi connectivity index (χ3v) is 3.35. The molecule has 19 heavy (non-hydrogen) atoms. The summed E-state index contributed by atoms with van der Waals surface area (Å²) in [5, 5.41) is 9.31. The van der Waals surface area contributed by atoms with Gasteiger partial charge in [0.25, 0.3) is 0 Å². The molecule has 0 saturated heterocycles. The van der Waals surface area contributed by atoms with Crippen LogP contribution in [0.5, 0.6) is 0 Å². The SMILES string of the molecule is CCc1ccc(N(C)c2cccc(F)c2CO)cc1. The van der Waals surface area contributed by atoms with Crippen molar-refractivity contribution in [1.29, 1.82) is 0 Å². The fourth-order valence-corrected chi connectivity index (χ4v) is 2.11. The molecule has 2 aromatic rings. The molecule has 0 aromatic heterocycles. The largest absolute Gasteiger partial charge is 0.391 e. The molecule has 0 spiro atoms. The Hall–Kier alpha value is -1.87. The van der Waals surface area contributed by atoms with Crippen molar-refractivity contribution in [3.8, 4) is 0 Å². The molecule has 2 rings (SSSR count). The van der Waals surface area contributed by atoms with Crippen LogP contribution in [0.4, 0.5) is 15.8 Å². The number of rotatable bonds is 4. The number of anilines is 2. The van der Waals surface area contributed by atoms with Gasteiger partial charge in [-0.15, -0.1) is 0 Å². The van der Waals surface area contributed by atoms with Gasteiger partial charge >= 0.3 is 0 Å². The predicted octanol–water partition coefficient (Wildman–Crippen LogP) is 3.65. The Morgan fingerprint density at radius 1 is 1.11 bits per heavy atom. The lowest BCUT2D eigenvalue weighted by Gasteiger charge is -2.22. The summed E-state index contributed by atoms with van der Waals surface area (Å²) < 4.78 is 13.7. The van der Waals surface area contributed by atoms with Gasteiger partial charge in [-0.1, -0.05) is 25.1 Å². The van der Waals surface area contributed by atoms with Crippen molar-refractivity contribution >= 4 is 11.4 Å². The molecule has 0 amide bonds. The molecule has 0 aliphatic heterocycles. The smallest absolute Gasteiger partial charge is 0.130 e. The topological polar surface area (TPSA) is 23.5 Å². The minimum absolute atomic E-state index is 0.306. The van der Waals surface area contributed by atoms with E-state index in [1.165, 1.54) is 11.6 Å². The number of nitrogens with zero attached hydrogens (tertiary/aromatic N) is 1. The van der Waals surface area contributed by atoms with Crippen molar-refractivity contribution in [2.24, 2.45) is 0 Å². The van der Waals surface area contributed by atoms with Gasteiger partial charge in [0.1, 0.15) is 5.82 Å². The molecule has 0 radical (unpaired) electrons. The molecule has 1 N–H and O–H groups in total. The monoisotopic (exact) mass is 259 g/mol. The Morgan fingerprint density at radius 2 is 1.79 bits per heavy atom. The number of hydrogen-bond donors (Lipinski definition) is 1. The van der Waals surface area contributed by atoms with Crippen LogP contribution in [0.3, 0.4) is 0 Å². The van der Waals surface area contributed by atoms with E-state index in [1.54, 1.807) is 6.07 Å². The summed E-state index contributed by atoms with van der Waals surface area (Å²) in [4.78, 5) is 1.88. The molecule has 3 heteroatoms. The molecule has 0 fully saturated rings. The van der Waals surface area contributed by atoms with E-state index in [0.29, 0.717) is 11.3 Å². The lowest BCUT2D eigenvalue weighted by Crippen LogP contribution is -2.12. The first-order chi connectivity index (χ1) is 9.17. The van der Waals surface area contributed by atoms with Crippen molar-refractivity contribution in [1.82, 2.24) is 0 Å². The number of aryl methyl sites for hydroxylation is 1. The highest BCUT2D eigenvalue weighted by Crippen LogP contribution is 2.28. The highest BCUT2D eigenvalue weighted by atomic mass is 19.1. The number of aliphatic hydroxyl groups is 1. The van der Waals surface area contributed by atoms with Crippen LogP contribution in [-0.2, 0) is 13.0 Å². The number of halogens is 1. The molecule has 0 saturated carbocycles. The van der Waals surface area contributed by atoms with Gasteiger partial charge in [-0.3, -0.25) is 0 Å². The summed E-state index contributed by atoms with van der Waals surface area (Å²) in [5.41, 5.74) is 3.24. The van der Waals surface area contributed by atoms with E-state index < -0.39 is 0 Å². The highest BCUT2D eigenvalue weighted by Gasteiger charge is 2.12. The lowest BCUT2D eigenvalue weighted by molar-refractivity contribution is 0.276. The van der Waals surface area contributed by atoms with Gasteiger partial charge in [-0.2, -0.15) is 0 Å². The summed E-state index contributed by atoms with van der Waals surface area (Å²) in [6.07, 6.45) is 0.992. The summed E-state index contributed by atoms with van der Waals surface area (Å²) in [6, 6.07) is 13.0. The van der Waals surface area contributed by atoms with Crippen molar-refractivity contribution in [3.05, 3.63) is 59.4 Å². The standard InChI is InChI=1S/C16H18FNO/c1-3-12-7-9-13(10-8-12)18(2)16-6-4-5-15(17)14(16)11-19/h4-10,19H,3,11H2,1-2H3. The van der Waals surface area contributed by atoms with Gasteiger partial charge in [0, 0.05) is 24.0 Å². The molecule has 0 heterocycles. The van der Waals surface area contributed by atoms with Gasteiger partial charge in [0.15, 0.2) is 0 Å². The normalized spacial score (nSPS) is 10.5. The van der Waals surface area contributed by atoms with Gasteiger partial charge in [-0.25, -0.2) is 4.39 Å². The van der Waals surface area contributed by atoms with Crippen LogP contribution in [0, 0.1) is 5.82 Å². The van der Waals surface area contributed by atoms with Gasteiger partial charge in [0.05, 0.1) is 6.61 Å². The second-order valence-electron chi connectivity index (χ2n) is 4.47. The van der Waals surface area contributed by atoms with Gasteiger partial charge in [-0.05, 0) is 36.2 Å². The first-order valence-corrected chi connectivity index (χ1v) is 6.38. The maximum absolute atomic E-state index is 13.7. The molecule has 0 aliphatic rings. The Labute approximate surface area is 113 Å². The van der Waals surface area contributed by atoms with E-state index in [4.69, 9.17) is 0 Å². The van der Waals surface area contributed by atoms with Gasteiger partial charge in [0.2, 0.25) is 0 Å². The fourth-order valence-electron chi connectivity index (χ4n) is 2.11. The first-order valence-electron chi connectivity index (χ1n) is 6.38. The number of hydrogen-bond acceptors (Lipinski definition) is 2. The average molecular weight is 259 g/mol. The number of benzene rings is 2. The van der Waals surface area contributed by atoms with E-state index >= 15 is 0 Å². The average Bonchev–Trinajstić information content (AvgIpc) is 2.46. The minimum atomic E-state index is -0.378. The zero-order valence-electron chi connectivity index (χ0n) is 11.2. The summed E-state index contributed by atoms with van der Waals surface area (Å²) >= 11 is 0. The van der Waals surface area contributed by atoms with Crippen molar-refractivity contribution < 1.29 is 9.50 Å². The van der Waals surface area contributed by atoms with Crippen LogP contribution in [-0.4, -0.2) is 12.2 Å².